The van der Waals surface area contributed by atoms with Crippen LogP contribution in [0, 0.1) is 0 Å². The first-order chi connectivity index (χ1) is 14.5. The fraction of sp³-hybridized carbons (Fsp3) is 0.440. The van der Waals surface area contributed by atoms with Crippen LogP contribution in [0.5, 0.6) is 0 Å². The van der Waals surface area contributed by atoms with E-state index >= 15 is 0 Å². The maximum absolute atomic E-state index is 13.5. The van der Waals surface area contributed by atoms with Gasteiger partial charge in [-0.05, 0) is 31.9 Å². The SMILES string of the molecule is CCOCCN(CC)c1cc(C(=O)N(C)Cc2ccccc2)c2c(n1)C(C)CC=C2. The second kappa shape index (κ2) is 10.4. The van der Waals surface area contributed by atoms with Crippen LogP contribution in [0.25, 0.3) is 6.08 Å². The van der Waals surface area contributed by atoms with Gasteiger partial charge in [0.05, 0.1) is 17.9 Å². The Hall–Kier alpha value is -2.66. The molecule has 1 unspecified atom stereocenters. The number of nitrogens with zero attached hydrogens (tertiary/aromatic N) is 3. The van der Waals surface area contributed by atoms with Gasteiger partial charge in [0.2, 0.25) is 0 Å². The summed E-state index contributed by atoms with van der Waals surface area (Å²) in [5, 5.41) is 0. The van der Waals surface area contributed by atoms with Gasteiger partial charge in [-0.1, -0.05) is 49.4 Å². The quantitative estimate of drug-likeness (QED) is 0.564. The number of ether oxygens (including phenoxy) is 1. The number of allylic oxidation sites excluding steroid dienone is 1. The van der Waals surface area contributed by atoms with Crippen LogP contribution in [-0.4, -0.2) is 49.1 Å². The van der Waals surface area contributed by atoms with Gasteiger partial charge in [-0.25, -0.2) is 4.98 Å². The van der Waals surface area contributed by atoms with Crippen molar-refractivity contribution in [2.24, 2.45) is 0 Å². The number of carbonyl (C=O) groups is 1. The molecule has 30 heavy (non-hydrogen) atoms. The second-order valence-corrected chi connectivity index (χ2v) is 7.79. The Morgan fingerprint density at radius 2 is 2.00 bits per heavy atom. The van der Waals surface area contributed by atoms with Gasteiger partial charge in [0.1, 0.15) is 5.82 Å². The summed E-state index contributed by atoms with van der Waals surface area (Å²) in [7, 11) is 1.87. The average Bonchev–Trinajstić information content (AvgIpc) is 2.77. The first-order valence-corrected chi connectivity index (χ1v) is 10.9. The summed E-state index contributed by atoms with van der Waals surface area (Å²) in [6.07, 6.45) is 5.16. The van der Waals surface area contributed by atoms with Crippen molar-refractivity contribution in [3.8, 4) is 0 Å². The van der Waals surface area contributed by atoms with Gasteiger partial charge in [0.15, 0.2) is 0 Å². The summed E-state index contributed by atoms with van der Waals surface area (Å²) in [5.74, 6) is 1.18. The van der Waals surface area contributed by atoms with Crippen LogP contribution < -0.4 is 4.90 Å². The van der Waals surface area contributed by atoms with Crippen molar-refractivity contribution in [3.05, 3.63) is 64.9 Å². The lowest BCUT2D eigenvalue weighted by molar-refractivity contribution is 0.0784. The minimum absolute atomic E-state index is 0.0263. The third-order valence-electron chi connectivity index (χ3n) is 5.57. The van der Waals surface area contributed by atoms with Crippen molar-refractivity contribution >= 4 is 17.8 Å². The minimum Gasteiger partial charge on any atom is -0.380 e. The Morgan fingerprint density at radius 3 is 2.70 bits per heavy atom. The third kappa shape index (κ3) is 5.08. The molecule has 1 heterocycles. The molecule has 2 aromatic rings. The number of likely N-dealkylation sites (N-methyl/N-ethyl adjacent to an activating group) is 1. The van der Waals surface area contributed by atoms with Crippen molar-refractivity contribution in [1.82, 2.24) is 9.88 Å². The van der Waals surface area contributed by atoms with E-state index in [0.717, 1.165) is 47.7 Å². The zero-order valence-corrected chi connectivity index (χ0v) is 18.6. The van der Waals surface area contributed by atoms with Crippen LogP contribution in [0.2, 0.25) is 0 Å². The molecule has 1 amide bonds. The molecule has 0 aliphatic heterocycles. The van der Waals surface area contributed by atoms with Crippen LogP contribution in [0.15, 0.2) is 42.5 Å². The Bertz CT molecular complexity index is 879. The standard InChI is InChI=1S/C25H33N3O2/c1-5-28(15-16-30-6-2)23-17-22(21-14-10-11-19(3)24(21)26-23)25(29)27(4)18-20-12-8-7-9-13-20/h7-10,12-14,17,19H,5-6,11,15-16,18H2,1-4H3. The molecule has 0 bridgehead atoms. The topological polar surface area (TPSA) is 45.7 Å². The lowest BCUT2D eigenvalue weighted by atomic mass is 9.90. The smallest absolute Gasteiger partial charge is 0.254 e. The van der Waals surface area contributed by atoms with Crippen molar-refractivity contribution in [1.29, 1.82) is 0 Å². The van der Waals surface area contributed by atoms with Crippen molar-refractivity contribution in [2.75, 3.05) is 38.3 Å². The van der Waals surface area contributed by atoms with Crippen LogP contribution in [0.3, 0.4) is 0 Å². The molecule has 1 aromatic heterocycles. The Kier molecular flexibility index (Phi) is 7.63. The van der Waals surface area contributed by atoms with Gasteiger partial charge in [-0.3, -0.25) is 4.79 Å². The number of amides is 1. The fourth-order valence-corrected chi connectivity index (χ4v) is 3.84. The number of fused-ring (bicyclic) bond motifs is 1. The van der Waals surface area contributed by atoms with E-state index in [1.54, 1.807) is 4.90 Å². The summed E-state index contributed by atoms with van der Waals surface area (Å²) >= 11 is 0. The molecule has 5 nitrogen and oxygen atoms in total. The van der Waals surface area contributed by atoms with Crippen LogP contribution in [0.4, 0.5) is 5.82 Å². The van der Waals surface area contributed by atoms with Gasteiger partial charge < -0.3 is 14.5 Å². The third-order valence-corrected chi connectivity index (χ3v) is 5.57. The van der Waals surface area contributed by atoms with E-state index in [-0.39, 0.29) is 5.91 Å². The summed E-state index contributed by atoms with van der Waals surface area (Å²) < 4.78 is 5.55. The Balaban J connectivity index is 1.94. The van der Waals surface area contributed by atoms with Gasteiger partial charge >= 0.3 is 0 Å². The van der Waals surface area contributed by atoms with Gasteiger partial charge in [-0.2, -0.15) is 0 Å². The van der Waals surface area contributed by atoms with E-state index < -0.39 is 0 Å². The van der Waals surface area contributed by atoms with Gasteiger partial charge in [0, 0.05) is 44.8 Å². The van der Waals surface area contributed by atoms with E-state index in [2.05, 4.69) is 30.9 Å². The number of pyridine rings is 1. The molecule has 1 aromatic carbocycles. The summed E-state index contributed by atoms with van der Waals surface area (Å²) in [6.45, 7) is 9.79. The highest BCUT2D eigenvalue weighted by Gasteiger charge is 2.25. The maximum atomic E-state index is 13.5. The lowest BCUT2D eigenvalue weighted by Crippen LogP contribution is -2.31. The molecule has 1 aliphatic rings. The first kappa shape index (κ1) is 22.0. The number of aromatic nitrogens is 1. The molecule has 0 saturated heterocycles. The highest BCUT2D eigenvalue weighted by molar-refractivity contribution is 5.99. The molecular formula is C25H33N3O2. The molecule has 0 saturated carbocycles. The molecule has 0 radical (unpaired) electrons. The maximum Gasteiger partial charge on any atom is 0.254 e. The predicted octanol–water partition coefficient (Wildman–Crippen LogP) is 4.74. The summed E-state index contributed by atoms with van der Waals surface area (Å²) in [5.41, 5.74) is 3.82. The average molecular weight is 408 g/mol. The van der Waals surface area contributed by atoms with Crippen LogP contribution in [0.1, 0.15) is 60.3 Å². The molecule has 0 spiro atoms. The van der Waals surface area contributed by atoms with Crippen LogP contribution in [-0.2, 0) is 11.3 Å². The lowest BCUT2D eigenvalue weighted by Gasteiger charge is -2.28. The monoisotopic (exact) mass is 407 g/mol. The molecular weight excluding hydrogens is 374 g/mol. The predicted molar refractivity (Wildman–Crippen MR) is 123 cm³/mol. The van der Waals surface area contributed by atoms with E-state index in [1.807, 2.05) is 50.4 Å². The minimum atomic E-state index is 0.0263. The van der Waals surface area contributed by atoms with E-state index in [0.29, 0.717) is 25.7 Å². The molecule has 160 valence electrons. The van der Waals surface area contributed by atoms with E-state index in [9.17, 15) is 4.79 Å². The molecule has 0 N–H and O–H groups in total. The van der Waals surface area contributed by atoms with Crippen molar-refractivity contribution in [3.63, 3.8) is 0 Å². The molecule has 1 atom stereocenters. The Labute approximate surface area is 180 Å². The number of anilines is 1. The van der Waals surface area contributed by atoms with Gasteiger partial charge in [-0.15, -0.1) is 0 Å². The number of hydrogen-bond donors (Lipinski definition) is 0. The highest BCUT2D eigenvalue weighted by atomic mass is 16.5. The van der Waals surface area contributed by atoms with Crippen LogP contribution >= 0.6 is 0 Å². The van der Waals surface area contributed by atoms with Crippen molar-refractivity contribution in [2.45, 2.75) is 39.7 Å². The number of hydrogen-bond acceptors (Lipinski definition) is 4. The second-order valence-electron chi connectivity index (χ2n) is 7.79. The van der Waals surface area contributed by atoms with E-state index in [4.69, 9.17) is 9.72 Å². The Morgan fingerprint density at radius 1 is 1.23 bits per heavy atom. The molecule has 0 fully saturated rings. The molecule has 5 heteroatoms. The number of benzene rings is 1. The summed E-state index contributed by atoms with van der Waals surface area (Å²) in [4.78, 5) is 22.4. The zero-order valence-electron chi connectivity index (χ0n) is 18.6. The first-order valence-electron chi connectivity index (χ1n) is 10.9. The highest BCUT2D eigenvalue weighted by Crippen LogP contribution is 2.33. The number of carbonyl (C=O) groups excluding carboxylic acids is 1. The fourth-order valence-electron chi connectivity index (χ4n) is 3.84. The normalized spacial score (nSPS) is 15.0. The zero-order chi connectivity index (χ0) is 21.5. The number of rotatable bonds is 9. The molecule has 1 aliphatic carbocycles. The molecule has 3 rings (SSSR count). The van der Waals surface area contributed by atoms with E-state index in [1.165, 1.54) is 0 Å². The largest absolute Gasteiger partial charge is 0.380 e. The van der Waals surface area contributed by atoms with Gasteiger partial charge in [0.25, 0.3) is 5.91 Å². The summed E-state index contributed by atoms with van der Waals surface area (Å²) in [6, 6.07) is 12.0. The van der Waals surface area contributed by atoms with Crippen molar-refractivity contribution < 1.29 is 9.53 Å².